The molecule has 0 unspecified atom stereocenters. The van der Waals surface area contributed by atoms with Crippen molar-refractivity contribution in [3.8, 4) is 11.5 Å². The summed E-state index contributed by atoms with van der Waals surface area (Å²) in [5.41, 5.74) is 4.08. The third kappa shape index (κ3) is 4.84. The number of para-hydroxylation sites is 1. The molecule has 0 spiro atoms. The number of halogens is 1. The first kappa shape index (κ1) is 19.8. The van der Waals surface area contributed by atoms with E-state index in [1.54, 1.807) is 18.2 Å². The number of rotatable bonds is 7. The molecule has 0 aromatic heterocycles. The van der Waals surface area contributed by atoms with Crippen LogP contribution in [0.4, 0.5) is 0 Å². The maximum absolute atomic E-state index is 11.7. The van der Waals surface area contributed by atoms with E-state index in [1.165, 1.54) is 6.07 Å². The molecule has 0 heterocycles. The van der Waals surface area contributed by atoms with E-state index in [1.807, 2.05) is 44.2 Å². The molecule has 0 bridgehead atoms. The summed E-state index contributed by atoms with van der Waals surface area (Å²) in [7, 11) is 0. The first-order valence-corrected chi connectivity index (χ1v) is 9.24. The predicted octanol–water partition coefficient (Wildman–Crippen LogP) is 5.81. The lowest BCUT2D eigenvalue weighted by atomic mass is 10.1. The Morgan fingerprint density at radius 3 is 2.32 bits per heavy atom. The highest BCUT2D eigenvalue weighted by Gasteiger charge is 2.17. The Morgan fingerprint density at radius 1 is 0.929 bits per heavy atom. The lowest BCUT2D eigenvalue weighted by Gasteiger charge is -2.16. The molecule has 0 radical (unpaired) electrons. The molecule has 0 aliphatic heterocycles. The maximum Gasteiger partial charge on any atom is 0.339 e. The number of aryl methyl sites for hydroxylation is 2. The average Bonchev–Trinajstić information content (AvgIpc) is 2.65. The van der Waals surface area contributed by atoms with Crippen LogP contribution in [0.25, 0.3) is 0 Å². The Hall–Kier alpha value is -2.98. The van der Waals surface area contributed by atoms with Crippen molar-refractivity contribution in [1.82, 2.24) is 0 Å². The van der Waals surface area contributed by atoms with Crippen LogP contribution in [0.3, 0.4) is 0 Å². The molecule has 3 aromatic carbocycles. The minimum absolute atomic E-state index is 0.0565. The van der Waals surface area contributed by atoms with E-state index in [0.29, 0.717) is 10.8 Å². The highest BCUT2D eigenvalue weighted by molar-refractivity contribution is 6.31. The molecule has 4 nitrogen and oxygen atoms in total. The highest BCUT2D eigenvalue weighted by atomic mass is 35.5. The van der Waals surface area contributed by atoms with Crippen LogP contribution in [0, 0.1) is 13.8 Å². The van der Waals surface area contributed by atoms with Crippen LogP contribution in [0.15, 0.2) is 60.7 Å². The fourth-order valence-corrected chi connectivity index (χ4v) is 3.22. The van der Waals surface area contributed by atoms with Gasteiger partial charge in [-0.2, -0.15) is 0 Å². The third-order valence-electron chi connectivity index (χ3n) is 4.21. The van der Waals surface area contributed by atoms with E-state index < -0.39 is 5.97 Å². The zero-order chi connectivity index (χ0) is 20.1. The van der Waals surface area contributed by atoms with Gasteiger partial charge in [0.25, 0.3) is 0 Å². The number of benzene rings is 3. The van der Waals surface area contributed by atoms with Crippen LogP contribution in [0.1, 0.15) is 32.6 Å². The van der Waals surface area contributed by atoms with E-state index >= 15 is 0 Å². The smallest absolute Gasteiger partial charge is 0.339 e. The second kappa shape index (κ2) is 8.81. The quantitative estimate of drug-likeness (QED) is 0.547. The van der Waals surface area contributed by atoms with Gasteiger partial charge < -0.3 is 14.6 Å². The van der Waals surface area contributed by atoms with E-state index in [9.17, 15) is 9.90 Å². The van der Waals surface area contributed by atoms with Crippen LogP contribution in [-0.2, 0) is 13.2 Å². The second-order valence-corrected chi connectivity index (χ2v) is 7.01. The van der Waals surface area contributed by atoms with Gasteiger partial charge >= 0.3 is 5.97 Å². The SMILES string of the molecule is Cc1cc(C)cc(COc2c(OCc3ccccc3Cl)cccc2C(=O)O)c1. The van der Waals surface area contributed by atoms with Crippen LogP contribution < -0.4 is 9.47 Å². The Labute approximate surface area is 169 Å². The summed E-state index contributed by atoms with van der Waals surface area (Å²) < 4.78 is 11.8. The van der Waals surface area contributed by atoms with Crippen molar-refractivity contribution in [1.29, 1.82) is 0 Å². The zero-order valence-corrected chi connectivity index (χ0v) is 16.5. The largest absolute Gasteiger partial charge is 0.485 e. The van der Waals surface area contributed by atoms with Gasteiger partial charge in [-0.05, 0) is 37.6 Å². The van der Waals surface area contributed by atoms with Gasteiger partial charge in [-0.1, -0.05) is 65.2 Å². The highest BCUT2D eigenvalue weighted by Crippen LogP contribution is 2.33. The molecule has 144 valence electrons. The van der Waals surface area contributed by atoms with Gasteiger partial charge in [0.05, 0.1) is 0 Å². The molecule has 0 saturated carbocycles. The number of carbonyl (C=O) groups is 1. The topological polar surface area (TPSA) is 55.8 Å². The Bertz CT molecular complexity index is 977. The average molecular weight is 397 g/mol. The Morgan fingerprint density at radius 2 is 1.64 bits per heavy atom. The van der Waals surface area contributed by atoms with Crippen molar-refractivity contribution in [2.75, 3.05) is 0 Å². The molecule has 5 heteroatoms. The number of carboxylic acid groups (broad SMARTS) is 1. The third-order valence-corrected chi connectivity index (χ3v) is 4.58. The molecule has 0 saturated heterocycles. The molecule has 0 aliphatic carbocycles. The van der Waals surface area contributed by atoms with Gasteiger partial charge in [-0.3, -0.25) is 0 Å². The molecule has 0 atom stereocenters. The number of aromatic carboxylic acids is 1. The number of ether oxygens (including phenoxy) is 2. The van der Waals surface area contributed by atoms with Crippen molar-refractivity contribution in [2.45, 2.75) is 27.1 Å². The van der Waals surface area contributed by atoms with E-state index in [-0.39, 0.29) is 24.5 Å². The molecular weight excluding hydrogens is 376 g/mol. The monoisotopic (exact) mass is 396 g/mol. The standard InChI is InChI=1S/C23H21ClO4/c1-15-10-16(2)12-17(11-15)13-28-22-19(23(25)26)7-5-9-21(22)27-14-18-6-3-4-8-20(18)24/h3-12H,13-14H2,1-2H3,(H,25,26). The first-order valence-electron chi connectivity index (χ1n) is 8.86. The van der Waals surface area contributed by atoms with Crippen LogP contribution in [0.2, 0.25) is 5.02 Å². The first-order chi connectivity index (χ1) is 13.4. The summed E-state index contributed by atoms with van der Waals surface area (Å²) in [6, 6.07) is 18.3. The lowest BCUT2D eigenvalue weighted by molar-refractivity contribution is 0.0690. The zero-order valence-electron chi connectivity index (χ0n) is 15.7. The minimum atomic E-state index is -1.07. The fourth-order valence-electron chi connectivity index (χ4n) is 3.03. The van der Waals surface area contributed by atoms with Crippen LogP contribution >= 0.6 is 11.6 Å². The van der Waals surface area contributed by atoms with Crippen molar-refractivity contribution < 1.29 is 19.4 Å². The summed E-state index contributed by atoms with van der Waals surface area (Å²) in [5, 5.41) is 10.1. The van der Waals surface area contributed by atoms with Gasteiger partial charge in [0.1, 0.15) is 18.8 Å². The second-order valence-electron chi connectivity index (χ2n) is 6.60. The normalized spacial score (nSPS) is 10.5. The fraction of sp³-hybridized carbons (Fsp3) is 0.174. The van der Waals surface area contributed by atoms with Crippen molar-refractivity contribution in [2.24, 2.45) is 0 Å². The molecule has 0 amide bonds. The number of hydrogen-bond donors (Lipinski definition) is 1. The van der Waals surface area contributed by atoms with Gasteiger partial charge in [-0.15, -0.1) is 0 Å². The molecular formula is C23H21ClO4. The summed E-state index contributed by atoms with van der Waals surface area (Å²) in [6.07, 6.45) is 0. The van der Waals surface area contributed by atoms with Crippen LogP contribution in [-0.4, -0.2) is 11.1 Å². The molecule has 28 heavy (non-hydrogen) atoms. The molecule has 3 rings (SSSR count). The van der Waals surface area contributed by atoms with E-state index in [4.69, 9.17) is 21.1 Å². The van der Waals surface area contributed by atoms with Crippen molar-refractivity contribution >= 4 is 17.6 Å². The molecule has 0 aliphatic rings. The summed E-state index contributed by atoms with van der Waals surface area (Å²) >= 11 is 6.18. The Balaban J connectivity index is 1.85. The van der Waals surface area contributed by atoms with E-state index in [2.05, 4.69) is 6.07 Å². The molecule has 1 N–H and O–H groups in total. The van der Waals surface area contributed by atoms with Gasteiger partial charge in [0.15, 0.2) is 11.5 Å². The summed E-state index contributed by atoms with van der Waals surface area (Å²) in [6.45, 7) is 4.48. The maximum atomic E-state index is 11.7. The van der Waals surface area contributed by atoms with E-state index in [0.717, 1.165) is 22.3 Å². The van der Waals surface area contributed by atoms with Gasteiger partial charge in [0.2, 0.25) is 0 Å². The van der Waals surface area contributed by atoms with Gasteiger partial charge in [0, 0.05) is 10.6 Å². The number of carboxylic acids is 1. The Kier molecular flexibility index (Phi) is 6.22. The number of hydrogen-bond acceptors (Lipinski definition) is 3. The summed E-state index contributed by atoms with van der Waals surface area (Å²) in [5.74, 6) is -0.496. The summed E-state index contributed by atoms with van der Waals surface area (Å²) in [4.78, 5) is 11.7. The van der Waals surface area contributed by atoms with Crippen molar-refractivity contribution in [3.05, 3.63) is 93.5 Å². The minimum Gasteiger partial charge on any atom is -0.485 e. The van der Waals surface area contributed by atoms with Crippen LogP contribution in [0.5, 0.6) is 11.5 Å². The molecule has 3 aromatic rings. The van der Waals surface area contributed by atoms with Gasteiger partial charge in [-0.25, -0.2) is 4.79 Å². The van der Waals surface area contributed by atoms with Crippen molar-refractivity contribution in [3.63, 3.8) is 0 Å². The molecule has 0 fully saturated rings. The predicted molar refractivity (Wildman–Crippen MR) is 109 cm³/mol. The lowest BCUT2D eigenvalue weighted by Crippen LogP contribution is -2.07.